The molecule has 2 fully saturated rings. The number of aromatic amines is 1. The van der Waals surface area contributed by atoms with Gasteiger partial charge in [0.25, 0.3) is 5.91 Å². The average molecular weight is 275 g/mol. The van der Waals surface area contributed by atoms with Gasteiger partial charge in [-0.05, 0) is 31.4 Å². The molecule has 0 spiro atoms. The second kappa shape index (κ2) is 5.69. The summed E-state index contributed by atoms with van der Waals surface area (Å²) < 4.78 is 0. The molecule has 2 amide bonds. The van der Waals surface area contributed by atoms with Gasteiger partial charge in [0.05, 0.1) is 0 Å². The molecule has 1 aromatic heterocycles. The van der Waals surface area contributed by atoms with Crippen LogP contribution in [0, 0.1) is 5.92 Å². The lowest BCUT2D eigenvalue weighted by molar-refractivity contribution is -0.138. The Labute approximate surface area is 118 Å². The van der Waals surface area contributed by atoms with Crippen molar-refractivity contribution in [1.82, 2.24) is 14.8 Å². The van der Waals surface area contributed by atoms with Crippen molar-refractivity contribution in [3.63, 3.8) is 0 Å². The Morgan fingerprint density at radius 3 is 2.45 bits per heavy atom. The highest BCUT2D eigenvalue weighted by atomic mass is 16.2. The molecule has 5 nitrogen and oxygen atoms in total. The summed E-state index contributed by atoms with van der Waals surface area (Å²) in [4.78, 5) is 31.3. The molecule has 5 heteroatoms. The summed E-state index contributed by atoms with van der Waals surface area (Å²) in [6.07, 6.45) is 5.89. The third-order valence-electron chi connectivity index (χ3n) is 4.38. The Hall–Kier alpha value is -1.78. The van der Waals surface area contributed by atoms with E-state index in [9.17, 15) is 9.59 Å². The summed E-state index contributed by atoms with van der Waals surface area (Å²) in [5.74, 6) is 0.582. The highest BCUT2D eigenvalue weighted by molar-refractivity contribution is 5.92. The summed E-state index contributed by atoms with van der Waals surface area (Å²) in [7, 11) is 0. The highest BCUT2D eigenvalue weighted by Crippen LogP contribution is 2.28. The number of carbonyl (C=O) groups is 2. The Balaban J connectivity index is 1.59. The second-order valence-electron chi connectivity index (χ2n) is 5.68. The molecule has 1 saturated carbocycles. The normalized spacial score (nSPS) is 20.4. The molecule has 0 bridgehead atoms. The van der Waals surface area contributed by atoms with Crippen molar-refractivity contribution in [2.45, 2.75) is 25.7 Å². The van der Waals surface area contributed by atoms with Crippen LogP contribution in [0.3, 0.4) is 0 Å². The lowest BCUT2D eigenvalue weighted by atomic mass is 9.84. The van der Waals surface area contributed by atoms with Crippen LogP contribution in [0.15, 0.2) is 18.3 Å². The lowest BCUT2D eigenvalue weighted by Crippen LogP contribution is -2.41. The van der Waals surface area contributed by atoms with Gasteiger partial charge in [-0.3, -0.25) is 9.59 Å². The van der Waals surface area contributed by atoms with Crippen LogP contribution in [0.25, 0.3) is 0 Å². The zero-order valence-corrected chi connectivity index (χ0v) is 11.7. The first-order valence-corrected chi connectivity index (χ1v) is 7.47. The molecular formula is C15H21N3O2. The summed E-state index contributed by atoms with van der Waals surface area (Å²) >= 11 is 0. The predicted molar refractivity (Wildman–Crippen MR) is 75.2 cm³/mol. The topological polar surface area (TPSA) is 56.4 Å². The van der Waals surface area contributed by atoms with Crippen LogP contribution < -0.4 is 0 Å². The van der Waals surface area contributed by atoms with Gasteiger partial charge in [0, 0.05) is 38.3 Å². The summed E-state index contributed by atoms with van der Waals surface area (Å²) in [6, 6.07) is 3.63. The van der Waals surface area contributed by atoms with Crippen molar-refractivity contribution >= 4 is 11.8 Å². The van der Waals surface area contributed by atoms with Crippen molar-refractivity contribution in [2.75, 3.05) is 26.2 Å². The van der Waals surface area contributed by atoms with Crippen LogP contribution >= 0.6 is 0 Å². The van der Waals surface area contributed by atoms with Crippen LogP contribution in [0.1, 0.15) is 36.2 Å². The largest absolute Gasteiger partial charge is 0.357 e. The van der Waals surface area contributed by atoms with Gasteiger partial charge in [-0.1, -0.05) is 6.42 Å². The predicted octanol–water partition coefficient (Wildman–Crippen LogP) is 1.49. The van der Waals surface area contributed by atoms with E-state index in [4.69, 9.17) is 0 Å². The molecule has 1 aliphatic carbocycles. The van der Waals surface area contributed by atoms with E-state index in [0.717, 1.165) is 32.4 Å². The van der Waals surface area contributed by atoms with Crippen LogP contribution in [0.4, 0.5) is 0 Å². The first kappa shape index (κ1) is 13.2. The number of amides is 2. The minimum absolute atomic E-state index is 0.0351. The highest BCUT2D eigenvalue weighted by Gasteiger charge is 2.31. The molecule has 3 rings (SSSR count). The third-order valence-corrected chi connectivity index (χ3v) is 4.38. The van der Waals surface area contributed by atoms with Gasteiger partial charge >= 0.3 is 0 Å². The molecular weight excluding hydrogens is 254 g/mol. The Morgan fingerprint density at radius 1 is 1.05 bits per heavy atom. The van der Waals surface area contributed by atoms with Gasteiger partial charge in [-0.2, -0.15) is 0 Å². The molecule has 20 heavy (non-hydrogen) atoms. The number of carbonyl (C=O) groups excluding carboxylic acids is 2. The lowest BCUT2D eigenvalue weighted by Gasteiger charge is -2.30. The van der Waals surface area contributed by atoms with Gasteiger partial charge in [0.15, 0.2) is 0 Å². The molecule has 1 aromatic rings. The Morgan fingerprint density at radius 2 is 1.80 bits per heavy atom. The third kappa shape index (κ3) is 2.57. The van der Waals surface area contributed by atoms with Gasteiger partial charge in [0.2, 0.25) is 5.91 Å². The molecule has 1 aliphatic heterocycles. The molecule has 0 atom stereocenters. The first-order chi connectivity index (χ1) is 9.75. The number of hydrogen-bond acceptors (Lipinski definition) is 2. The number of hydrogen-bond donors (Lipinski definition) is 1. The minimum Gasteiger partial charge on any atom is -0.357 e. The maximum Gasteiger partial charge on any atom is 0.270 e. The first-order valence-electron chi connectivity index (χ1n) is 7.47. The molecule has 2 aliphatic rings. The van der Waals surface area contributed by atoms with Gasteiger partial charge < -0.3 is 14.8 Å². The van der Waals surface area contributed by atoms with Crippen LogP contribution in [-0.4, -0.2) is 52.8 Å². The number of H-pyrrole nitrogens is 1. The molecule has 0 aromatic carbocycles. The zero-order valence-electron chi connectivity index (χ0n) is 11.7. The molecule has 0 unspecified atom stereocenters. The van der Waals surface area contributed by atoms with E-state index in [2.05, 4.69) is 4.98 Å². The van der Waals surface area contributed by atoms with Crippen molar-refractivity contribution in [2.24, 2.45) is 5.92 Å². The number of nitrogens with one attached hydrogen (secondary N) is 1. The van der Waals surface area contributed by atoms with Crippen molar-refractivity contribution in [3.8, 4) is 0 Å². The van der Waals surface area contributed by atoms with Gasteiger partial charge in [0.1, 0.15) is 5.69 Å². The van der Waals surface area contributed by atoms with Crippen molar-refractivity contribution in [1.29, 1.82) is 0 Å². The molecule has 0 radical (unpaired) electrons. The number of aromatic nitrogens is 1. The smallest absolute Gasteiger partial charge is 0.270 e. The molecule has 2 heterocycles. The average Bonchev–Trinajstić information content (AvgIpc) is 2.80. The fourth-order valence-corrected chi connectivity index (χ4v) is 2.89. The van der Waals surface area contributed by atoms with E-state index in [1.165, 1.54) is 6.42 Å². The molecule has 1 saturated heterocycles. The van der Waals surface area contributed by atoms with Crippen LogP contribution in [0.2, 0.25) is 0 Å². The molecule has 1 N–H and O–H groups in total. The fourth-order valence-electron chi connectivity index (χ4n) is 2.89. The SMILES string of the molecule is O=C(c1ccc[nH]1)N1CCCN(C(=O)C2CCC2)CC1. The molecule has 108 valence electrons. The van der Waals surface area contributed by atoms with Crippen LogP contribution in [0.5, 0.6) is 0 Å². The number of rotatable bonds is 2. The zero-order chi connectivity index (χ0) is 13.9. The van der Waals surface area contributed by atoms with Gasteiger partial charge in [-0.15, -0.1) is 0 Å². The fraction of sp³-hybridized carbons (Fsp3) is 0.600. The standard InChI is InChI=1S/C15H21N3O2/c19-14(12-4-1-5-12)17-8-3-9-18(11-10-17)15(20)13-6-2-7-16-13/h2,6-7,12,16H,1,3-5,8-11H2. The van der Waals surface area contributed by atoms with Crippen molar-refractivity contribution in [3.05, 3.63) is 24.0 Å². The Bertz CT molecular complexity index is 479. The quantitative estimate of drug-likeness (QED) is 0.889. The minimum atomic E-state index is 0.0351. The van der Waals surface area contributed by atoms with E-state index in [1.807, 2.05) is 15.9 Å². The maximum atomic E-state index is 12.3. The summed E-state index contributed by atoms with van der Waals surface area (Å²) in [6.45, 7) is 2.81. The monoisotopic (exact) mass is 275 g/mol. The second-order valence-corrected chi connectivity index (χ2v) is 5.68. The van der Waals surface area contributed by atoms with E-state index in [0.29, 0.717) is 24.7 Å². The van der Waals surface area contributed by atoms with Crippen LogP contribution in [-0.2, 0) is 4.79 Å². The van der Waals surface area contributed by atoms with E-state index < -0.39 is 0 Å². The maximum absolute atomic E-state index is 12.3. The van der Waals surface area contributed by atoms with Crippen molar-refractivity contribution < 1.29 is 9.59 Å². The van der Waals surface area contributed by atoms with E-state index >= 15 is 0 Å². The summed E-state index contributed by atoms with van der Waals surface area (Å²) in [5.41, 5.74) is 0.628. The number of nitrogens with zero attached hydrogens (tertiary/aromatic N) is 2. The van der Waals surface area contributed by atoms with E-state index in [1.54, 1.807) is 12.3 Å². The summed E-state index contributed by atoms with van der Waals surface area (Å²) in [5, 5.41) is 0. The Kier molecular flexibility index (Phi) is 3.76. The van der Waals surface area contributed by atoms with Gasteiger partial charge in [-0.25, -0.2) is 0 Å². The van der Waals surface area contributed by atoms with E-state index in [-0.39, 0.29) is 11.8 Å².